The lowest BCUT2D eigenvalue weighted by Crippen LogP contribution is -2.21. The molecule has 1 saturated carbocycles. The highest BCUT2D eigenvalue weighted by Gasteiger charge is 2.38. The van der Waals surface area contributed by atoms with Crippen molar-refractivity contribution in [3.05, 3.63) is 47.5 Å². The smallest absolute Gasteiger partial charge is 0.309 e. The van der Waals surface area contributed by atoms with Crippen molar-refractivity contribution >= 4 is 5.97 Å². The lowest BCUT2D eigenvalue weighted by Gasteiger charge is -2.19. The first-order valence-electron chi connectivity index (χ1n) is 7.31. The van der Waals surface area contributed by atoms with Crippen molar-refractivity contribution < 1.29 is 18.3 Å². The quantitative estimate of drug-likeness (QED) is 0.458. The van der Waals surface area contributed by atoms with Crippen LogP contribution in [0.5, 0.6) is 0 Å². The normalized spacial score (nSPS) is 21.6. The number of benzene rings is 1. The Labute approximate surface area is 123 Å². The highest BCUT2D eigenvalue weighted by molar-refractivity contribution is 5.75. The van der Waals surface area contributed by atoms with Crippen LogP contribution in [0.1, 0.15) is 44.1 Å². The Bertz CT molecular complexity index is 540. The van der Waals surface area contributed by atoms with Gasteiger partial charge >= 0.3 is 5.97 Å². The first-order valence-corrected chi connectivity index (χ1v) is 7.31. The molecular weight excluding hydrogens is 274 g/mol. The fourth-order valence-corrected chi connectivity index (χ4v) is 2.79. The number of hydrogen-bond donors (Lipinski definition) is 0. The van der Waals surface area contributed by atoms with E-state index in [1.807, 2.05) is 6.92 Å². The minimum Gasteiger partial charge on any atom is -0.465 e. The lowest BCUT2D eigenvalue weighted by molar-refractivity contribution is -0.148. The van der Waals surface area contributed by atoms with Gasteiger partial charge in [-0.2, -0.15) is 0 Å². The molecule has 0 aliphatic heterocycles. The van der Waals surface area contributed by atoms with Gasteiger partial charge in [-0.1, -0.05) is 31.6 Å². The maximum Gasteiger partial charge on any atom is 0.309 e. The van der Waals surface area contributed by atoms with Crippen LogP contribution in [0.3, 0.4) is 0 Å². The van der Waals surface area contributed by atoms with Crippen molar-refractivity contribution in [3.63, 3.8) is 0 Å². The Morgan fingerprint density at radius 2 is 2.14 bits per heavy atom. The summed E-state index contributed by atoms with van der Waals surface area (Å²) in [7, 11) is 0. The van der Waals surface area contributed by atoms with Crippen molar-refractivity contribution in [1.29, 1.82) is 0 Å². The molecule has 1 aromatic rings. The minimum atomic E-state index is -0.616. The van der Waals surface area contributed by atoms with E-state index < -0.39 is 17.6 Å². The number of unbranched alkanes of at least 4 members (excludes halogenated alkanes) is 1. The number of carbonyl (C=O) groups excluding carboxylic acids is 1. The zero-order valence-electron chi connectivity index (χ0n) is 12.2. The van der Waals surface area contributed by atoms with Crippen LogP contribution in [0, 0.1) is 17.6 Å². The number of allylic oxidation sites excluding steroid dienone is 1. The van der Waals surface area contributed by atoms with Gasteiger partial charge in [0, 0.05) is 12.0 Å². The zero-order valence-corrected chi connectivity index (χ0v) is 12.2. The second-order valence-electron chi connectivity index (χ2n) is 5.56. The highest BCUT2D eigenvalue weighted by Crippen LogP contribution is 2.43. The lowest BCUT2D eigenvalue weighted by atomic mass is 9.88. The van der Waals surface area contributed by atoms with Crippen LogP contribution in [-0.2, 0) is 9.53 Å². The Hall–Kier alpha value is -1.71. The predicted octanol–water partition coefficient (Wildman–Crippen LogP) is 4.36. The molecule has 2 atom stereocenters. The van der Waals surface area contributed by atoms with Gasteiger partial charge in [0.2, 0.25) is 0 Å². The first-order chi connectivity index (χ1) is 10.0. The number of esters is 1. The van der Waals surface area contributed by atoms with Crippen molar-refractivity contribution in [2.24, 2.45) is 5.92 Å². The second-order valence-corrected chi connectivity index (χ2v) is 5.56. The minimum absolute atomic E-state index is 0.309. The van der Waals surface area contributed by atoms with Crippen molar-refractivity contribution in [3.8, 4) is 0 Å². The molecule has 1 fully saturated rings. The molecule has 0 radical (unpaired) electrons. The van der Waals surface area contributed by atoms with Crippen LogP contribution in [0.4, 0.5) is 8.78 Å². The van der Waals surface area contributed by atoms with Gasteiger partial charge in [-0.25, -0.2) is 8.78 Å². The van der Waals surface area contributed by atoms with Gasteiger partial charge in [0.15, 0.2) is 0 Å². The summed E-state index contributed by atoms with van der Waals surface area (Å²) in [4.78, 5) is 12.2. The molecule has 0 spiro atoms. The standard InChI is InChI=1S/C17H20F2O2/c1-3-4-7-21-17(20)15-9-11(2)8-14(15)13-6-5-12(18)10-16(13)19/h5-6,10,14-15H,2-4,7-9H2,1H3/t14-,15+/m0/s1. The number of rotatable bonds is 5. The third-order valence-corrected chi connectivity index (χ3v) is 3.91. The molecule has 4 heteroatoms. The molecule has 114 valence electrons. The van der Waals surface area contributed by atoms with Crippen molar-refractivity contribution in [1.82, 2.24) is 0 Å². The van der Waals surface area contributed by atoms with Crippen LogP contribution >= 0.6 is 0 Å². The van der Waals surface area contributed by atoms with E-state index in [0.717, 1.165) is 24.5 Å². The summed E-state index contributed by atoms with van der Waals surface area (Å²) in [6.07, 6.45) is 2.80. The van der Waals surface area contributed by atoms with Crippen LogP contribution in [0.2, 0.25) is 0 Å². The van der Waals surface area contributed by atoms with Crippen LogP contribution in [0.25, 0.3) is 0 Å². The van der Waals surface area contributed by atoms with E-state index in [4.69, 9.17) is 4.74 Å². The van der Waals surface area contributed by atoms with E-state index in [1.54, 1.807) is 0 Å². The number of halogens is 2. The predicted molar refractivity (Wildman–Crippen MR) is 76.8 cm³/mol. The maximum atomic E-state index is 14.0. The molecule has 0 amide bonds. The van der Waals surface area contributed by atoms with E-state index in [1.165, 1.54) is 12.1 Å². The molecule has 2 rings (SSSR count). The van der Waals surface area contributed by atoms with Gasteiger partial charge in [0.25, 0.3) is 0 Å². The molecule has 0 heterocycles. The summed E-state index contributed by atoms with van der Waals surface area (Å²) in [6, 6.07) is 3.50. The number of hydrogen-bond acceptors (Lipinski definition) is 2. The van der Waals surface area contributed by atoms with E-state index in [2.05, 4.69) is 6.58 Å². The molecule has 2 nitrogen and oxygen atoms in total. The zero-order chi connectivity index (χ0) is 15.4. The fourth-order valence-electron chi connectivity index (χ4n) is 2.79. The molecule has 0 aromatic heterocycles. The van der Waals surface area contributed by atoms with Crippen LogP contribution < -0.4 is 0 Å². The average molecular weight is 294 g/mol. The third kappa shape index (κ3) is 3.69. The summed E-state index contributed by atoms with van der Waals surface area (Å²) in [5.74, 6) is -2.27. The largest absolute Gasteiger partial charge is 0.465 e. The average Bonchev–Trinajstić information content (AvgIpc) is 2.81. The molecule has 0 unspecified atom stereocenters. The highest BCUT2D eigenvalue weighted by atomic mass is 19.1. The second kappa shape index (κ2) is 6.83. The Morgan fingerprint density at radius 3 is 2.81 bits per heavy atom. The SMILES string of the molecule is C=C1C[C@@H](C(=O)OCCCC)[C@H](c2ccc(F)cc2F)C1. The van der Waals surface area contributed by atoms with Gasteiger partial charge < -0.3 is 4.74 Å². The Kier molecular flexibility index (Phi) is 5.10. The number of carbonyl (C=O) groups is 1. The van der Waals surface area contributed by atoms with Gasteiger partial charge in [0.1, 0.15) is 11.6 Å². The maximum absolute atomic E-state index is 14.0. The summed E-state index contributed by atoms with van der Waals surface area (Å²) in [6.45, 7) is 6.30. The monoisotopic (exact) mass is 294 g/mol. The van der Waals surface area contributed by atoms with E-state index in [9.17, 15) is 13.6 Å². The topological polar surface area (TPSA) is 26.3 Å². The molecule has 0 bridgehead atoms. The molecule has 21 heavy (non-hydrogen) atoms. The van der Waals surface area contributed by atoms with Crippen LogP contribution in [-0.4, -0.2) is 12.6 Å². The number of ether oxygens (including phenoxy) is 1. The van der Waals surface area contributed by atoms with Crippen molar-refractivity contribution in [2.75, 3.05) is 6.61 Å². The molecular formula is C17H20F2O2. The summed E-state index contributed by atoms with van der Waals surface area (Å²) in [5, 5.41) is 0. The summed E-state index contributed by atoms with van der Waals surface area (Å²) < 4.78 is 32.2. The third-order valence-electron chi connectivity index (χ3n) is 3.91. The Balaban J connectivity index is 2.16. The molecule has 0 N–H and O–H groups in total. The summed E-state index contributed by atoms with van der Waals surface area (Å²) >= 11 is 0. The van der Waals surface area contributed by atoms with E-state index in [-0.39, 0.29) is 11.9 Å². The molecule has 0 saturated heterocycles. The fraction of sp³-hybridized carbons (Fsp3) is 0.471. The van der Waals surface area contributed by atoms with E-state index in [0.29, 0.717) is 25.0 Å². The van der Waals surface area contributed by atoms with Crippen LogP contribution in [0.15, 0.2) is 30.4 Å². The van der Waals surface area contributed by atoms with Gasteiger partial charge in [-0.15, -0.1) is 0 Å². The molecule has 1 aliphatic rings. The van der Waals surface area contributed by atoms with Crippen molar-refractivity contribution in [2.45, 2.75) is 38.5 Å². The van der Waals surface area contributed by atoms with Gasteiger partial charge in [-0.05, 0) is 30.9 Å². The molecule has 1 aliphatic carbocycles. The van der Waals surface area contributed by atoms with Gasteiger partial charge in [0.05, 0.1) is 12.5 Å². The molecule has 1 aromatic carbocycles. The van der Waals surface area contributed by atoms with E-state index >= 15 is 0 Å². The first kappa shape index (κ1) is 15.7. The van der Waals surface area contributed by atoms with Gasteiger partial charge in [-0.3, -0.25) is 4.79 Å². The Morgan fingerprint density at radius 1 is 1.38 bits per heavy atom. The summed E-state index contributed by atoms with van der Waals surface area (Å²) in [5.41, 5.74) is 1.27.